The first kappa shape index (κ1) is 12.5. The number of rotatable bonds is 3. The molecule has 2 rings (SSSR count). The lowest BCUT2D eigenvalue weighted by molar-refractivity contribution is -0.157. The highest BCUT2D eigenvalue weighted by Crippen LogP contribution is 2.34. The second kappa shape index (κ2) is 4.74. The van der Waals surface area contributed by atoms with Crippen LogP contribution >= 0.6 is 0 Å². The maximum absolute atomic E-state index is 10.2. The Hall–Kier alpha value is -0.940. The zero-order valence-corrected chi connectivity index (χ0v) is 10.0. The third-order valence-electron chi connectivity index (χ3n) is 2.85. The molecule has 4 nitrogen and oxygen atoms in total. The molecule has 0 aliphatic carbocycles. The Morgan fingerprint density at radius 1 is 1.24 bits per heavy atom. The zero-order chi connectivity index (χ0) is 12.5. The fourth-order valence-electron chi connectivity index (χ4n) is 2.11. The van der Waals surface area contributed by atoms with Gasteiger partial charge in [-0.2, -0.15) is 0 Å². The Morgan fingerprint density at radius 2 is 1.88 bits per heavy atom. The van der Waals surface area contributed by atoms with Gasteiger partial charge in [0.2, 0.25) is 0 Å². The third-order valence-corrected chi connectivity index (χ3v) is 2.85. The van der Waals surface area contributed by atoms with Crippen molar-refractivity contribution in [2.24, 2.45) is 0 Å². The number of hydrogen-bond donors (Lipinski definition) is 2. The summed E-state index contributed by atoms with van der Waals surface area (Å²) in [5.74, 6) is -0.770. The normalized spacial score (nSPS) is 29.2. The smallest absolute Gasteiger partial charge is 0.164 e. The molecule has 1 unspecified atom stereocenters. The van der Waals surface area contributed by atoms with Crippen LogP contribution in [0.3, 0.4) is 0 Å². The predicted octanol–water partition coefficient (Wildman–Crippen LogP) is 1.23. The highest BCUT2D eigenvalue weighted by atomic mass is 16.8. The van der Waals surface area contributed by atoms with Crippen molar-refractivity contribution in [1.29, 1.82) is 0 Å². The summed E-state index contributed by atoms with van der Waals surface area (Å²) >= 11 is 0. The topological polar surface area (TPSA) is 58.9 Å². The SMILES string of the molecule is CC1(C)OC(CO)[C@@H]([C@H](O)c2ccccc2)O1. The van der Waals surface area contributed by atoms with Gasteiger partial charge in [-0.15, -0.1) is 0 Å². The first-order valence-electron chi connectivity index (χ1n) is 5.73. The largest absolute Gasteiger partial charge is 0.394 e. The molecule has 4 heteroatoms. The zero-order valence-electron chi connectivity index (χ0n) is 10.0. The molecule has 0 spiro atoms. The summed E-state index contributed by atoms with van der Waals surface area (Å²) in [7, 11) is 0. The molecule has 94 valence electrons. The van der Waals surface area contributed by atoms with E-state index >= 15 is 0 Å². The summed E-state index contributed by atoms with van der Waals surface area (Å²) in [4.78, 5) is 0. The van der Waals surface area contributed by atoms with Gasteiger partial charge >= 0.3 is 0 Å². The molecule has 0 saturated carbocycles. The van der Waals surface area contributed by atoms with E-state index in [-0.39, 0.29) is 6.61 Å². The van der Waals surface area contributed by atoms with E-state index < -0.39 is 24.1 Å². The lowest BCUT2D eigenvalue weighted by Gasteiger charge is -2.21. The molecule has 1 saturated heterocycles. The van der Waals surface area contributed by atoms with Gasteiger partial charge in [0.05, 0.1) is 6.61 Å². The summed E-state index contributed by atoms with van der Waals surface area (Å²) in [6, 6.07) is 9.25. The highest BCUT2D eigenvalue weighted by molar-refractivity contribution is 5.19. The molecule has 2 N–H and O–H groups in total. The molecular weight excluding hydrogens is 220 g/mol. The Kier molecular flexibility index (Phi) is 3.49. The van der Waals surface area contributed by atoms with Crippen LogP contribution in [-0.4, -0.2) is 34.8 Å². The van der Waals surface area contributed by atoms with Crippen molar-refractivity contribution in [1.82, 2.24) is 0 Å². The van der Waals surface area contributed by atoms with Gasteiger partial charge in [0, 0.05) is 0 Å². The summed E-state index contributed by atoms with van der Waals surface area (Å²) in [6.07, 6.45) is -1.84. The molecular formula is C13H18O4. The van der Waals surface area contributed by atoms with E-state index in [9.17, 15) is 10.2 Å². The van der Waals surface area contributed by atoms with Crippen molar-refractivity contribution < 1.29 is 19.7 Å². The van der Waals surface area contributed by atoms with Crippen LogP contribution in [0, 0.1) is 0 Å². The van der Waals surface area contributed by atoms with Gasteiger partial charge in [-0.1, -0.05) is 30.3 Å². The molecule has 1 aliphatic rings. The maximum atomic E-state index is 10.2. The number of ether oxygens (including phenoxy) is 2. The monoisotopic (exact) mass is 238 g/mol. The van der Waals surface area contributed by atoms with Crippen LogP contribution in [-0.2, 0) is 9.47 Å². The second-order valence-corrected chi connectivity index (χ2v) is 4.68. The van der Waals surface area contributed by atoms with Crippen LogP contribution in [0.25, 0.3) is 0 Å². The first-order valence-corrected chi connectivity index (χ1v) is 5.73. The Morgan fingerprint density at radius 3 is 2.47 bits per heavy atom. The van der Waals surface area contributed by atoms with Crippen LogP contribution in [0.1, 0.15) is 25.5 Å². The van der Waals surface area contributed by atoms with Gasteiger partial charge < -0.3 is 19.7 Å². The summed E-state index contributed by atoms with van der Waals surface area (Å²) in [6.45, 7) is 3.37. The lowest BCUT2D eigenvalue weighted by Crippen LogP contribution is -2.32. The van der Waals surface area contributed by atoms with E-state index in [1.54, 1.807) is 13.8 Å². The lowest BCUT2D eigenvalue weighted by atomic mass is 10.0. The van der Waals surface area contributed by atoms with Gasteiger partial charge in [-0.25, -0.2) is 0 Å². The van der Waals surface area contributed by atoms with Crippen molar-refractivity contribution in [3.63, 3.8) is 0 Å². The first-order chi connectivity index (χ1) is 8.03. The number of aliphatic hydroxyl groups excluding tert-OH is 2. The summed E-state index contributed by atoms with van der Waals surface area (Å²) in [5, 5.41) is 19.5. The van der Waals surface area contributed by atoms with Crippen LogP contribution in [0.5, 0.6) is 0 Å². The molecule has 17 heavy (non-hydrogen) atoms. The van der Waals surface area contributed by atoms with E-state index in [1.807, 2.05) is 30.3 Å². The number of benzene rings is 1. The van der Waals surface area contributed by atoms with Crippen LogP contribution in [0.2, 0.25) is 0 Å². The quantitative estimate of drug-likeness (QED) is 0.831. The van der Waals surface area contributed by atoms with E-state index in [2.05, 4.69) is 0 Å². The number of aliphatic hydroxyl groups is 2. The van der Waals surface area contributed by atoms with Crippen molar-refractivity contribution in [2.45, 2.75) is 37.9 Å². The van der Waals surface area contributed by atoms with E-state index in [0.717, 1.165) is 5.56 Å². The summed E-state index contributed by atoms with van der Waals surface area (Å²) in [5.41, 5.74) is 0.761. The minimum absolute atomic E-state index is 0.169. The molecule has 0 bridgehead atoms. The maximum Gasteiger partial charge on any atom is 0.164 e. The molecule has 1 fully saturated rings. The fourth-order valence-corrected chi connectivity index (χ4v) is 2.11. The fraction of sp³-hybridized carbons (Fsp3) is 0.538. The van der Waals surface area contributed by atoms with Crippen molar-refractivity contribution in [2.75, 3.05) is 6.61 Å². The molecule has 0 aromatic heterocycles. The average Bonchev–Trinajstić information content (AvgIpc) is 2.65. The van der Waals surface area contributed by atoms with Crippen LogP contribution in [0.15, 0.2) is 30.3 Å². The van der Waals surface area contributed by atoms with E-state index in [1.165, 1.54) is 0 Å². The van der Waals surface area contributed by atoms with Crippen molar-refractivity contribution >= 4 is 0 Å². The molecule has 1 heterocycles. The summed E-state index contributed by atoms with van der Waals surface area (Å²) < 4.78 is 11.2. The van der Waals surface area contributed by atoms with Crippen LogP contribution in [0.4, 0.5) is 0 Å². The molecule has 3 atom stereocenters. The minimum Gasteiger partial charge on any atom is -0.394 e. The predicted molar refractivity (Wildman–Crippen MR) is 62.3 cm³/mol. The average molecular weight is 238 g/mol. The Labute approximate surface area is 101 Å². The molecule has 1 aromatic carbocycles. The molecule has 0 radical (unpaired) electrons. The highest BCUT2D eigenvalue weighted by Gasteiger charge is 2.44. The Bertz CT molecular complexity index is 363. The van der Waals surface area contributed by atoms with Gasteiger partial charge in [0.25, 0.3) is 0 Å². The van der Waals surface area contributed by atoms with Crippen molar-refractivity contribution in [3.05, 3.63) is 35.9 Å². The third kappa shape index (κ3) is 2.66. The van der Waals surface area contributed by atoms with Crippen molar-refractivity contribution in [3.8, 4) is 0 Å². The molecule has 1 aliphatic heterocycles. The second-order valence-electron chi connectivity index (χ2n) is 4.68. The van der Waals surface area contributed by atoms with Gasteiger partial charge in [0.1, 0.15) is 18.3 Å². The standard InChI is InChI=1S/C13H18O4/c1-13(2)16-10(8-14)12(17-13)11(15)9-6-4-3-5-7-9/h3-7,10-12,14-15H,8H2,1-2H3/t10?,11-,12+/m1/s1. The molecule has 0 amide bonds. The minimum atomic E-state index is -0.796. The number of hydrogen-bond acceptors (Lipinski definition) is 4. The van der Waals surface area contributed by atoms with E-state index in [0.29, 0.717) is 0 Å². The van der Waals surface area contributed by atoms with E-state index in [4.69, 9.17) is 9.47 Å². The van der Waals surface area contributed by atoms with Gasteiger partial charge in [0.15, 0.2) is 5.79 Å². The Balaban J connectivity index is 2.17. The molecule has 1 aromatic rings. The van der Waals surface area contributed by atoms with Gasteiger partial charge in [-0.3, -0.25) is 0 Å². The van der Waals surface area contributed by atoms with Gasteiger partial charge in [-0.05, 0) is 19.4 Å². The van der Waals surface area contributed by atoms with Crippen LogP contribution < -0.4 is 0 Å².